The predicted octanol–water partition coefficient (Wildman–Crippen LogP) is 8.07. The topological polar surface area (TPSA) is 111 Å². The second-order valence-electron chi connectivity index (χ2n) is 7.99. The first kappa shape index (κ1) is 63.0. The minimum Gasteiger partial charge on any atom is -0.668 e. The summed E-state index contributed by atoms with van der Waals surface area (Å²) < 4.78 is 0. The first-order valence-corrected chi connectivity index (χ1v) is 12.8. The van der Waals surface area contributed by atoms with Crippen LogP contribution in [0, 0.1) is 19.3 Å². The van der Waals surface area contributed by atoms with E-state index in [1.165, 1.54) is 38.5 Å². The summed E-state index contributed by atoms with van der Waals surface area (Å²) in [6, 6.07) is 0. The Hall–Kier alpha value is 0.589. The second-order valence-corrected chi connectivity index (χ2v) is 7.99. The average molecular weight is 625 g/mol. The van der Waals surface area contributed by atoms with Gasteiger partial charge in [-0.25, -0.2) is 0 Å². The fraction of sp³-hybridized carbons (Fsp3) is 0.828. The van der Waals surface area contributed by atoms with Crippen LogP contribution in [-0.2, 0) is 43.4 Å². The van der Waals surface area contributed by atoms with Crippen molar-refractivity contribution in [3.8, 4) is 0 Å². The number of hydrogen-bond donors (Lipinski definition) is 1. The van der Waals surface area contributed by atoms with Gasteiger partial charge in [-0.15, -0.1) is 6.54 Å². The van der Waals surface area contributed by atoms with Crippen molar-refractivity contribution in [2.24, 2.45) is 11.8 Å². The van der Waals surface area contributed by atoms with E-state index in [1.807, 2.05) is 14.1 Å². The molecule has 0 unspecified atom stereocenters. The van der Waals surface area contributed by atoms with Gasteiger partial charge in [0.05, 0.1) is 0 Å². The average Bonchev–Trinajstić information content (AvgIpc) is 3.54. The first-order chi connectivity index (χ1) is 17.3. The number of nitrogens with one attached hydrogen (secondary N) is 1. The van der Waals surface area contributed by atoms with E-state index in [2.05, 4.69) is 66.8 Å². The Labute approximate surface area is 278 Å². The van der Waals surface area contributed by atoms with Gasteiger partial charge in [0.2, 0.25) is 0 Å². The molecule has 0 aromatic heterocycles. The van der Waals surface area contributed by atoms with Crippen molar-refractivity contribution in [1.29, 1.82) is 0 Å². The fourth-order valence-electron chi connectivity index (χ4n) is 2.59. The second kappa shape index (κ2) is 77.1. The Morgan fingerprint density at radius 1 is 0.590 bits per heavy atom. The summed E-state index contributed by atoms with van der Waals surface area (Å²) in [5, 5.41) is 28.2. The minimum atomic E-state index is 0. The minimum absolute atomic E-state index is 0. The number of allylic oxidation sites excluding steroid dienone is 4. The SMILES string of the molecule is CNCCC1C=CC=C1.C[N-]C.C[N-]C.C[N-]C.C[N-]C.C[N-]C.C[N-]C.C[N-]CCC1CCCC1.[CH3-].[Ti+4].[Ti+4]. The molecule has 2 rings (SSSR count). The van der Waals surface area contributed by atoms with E-state index >= 15 is 0 Å². The van der Waals surface area contributed by atoms with Crippen LogP contribution in [0.3, 0.4) is 0 Å². The van der Waals surface area contributed by atoms with Crippen LogP contribution in [-0.4, -0.2) is 112 Å². The quantitative estimate of drug-likeness (QED) is 0.234. The summed E-state index contributed by atoms with van der Waals surface area (Å²) in [7, 11) is 24.9. The molecule has 0 amide bonds. The molecule has 8 nitrogen and oxygen atoms in total. The van der Waals surface area contributed by atoms with Gasteiger partial charge in [-0.05, 0) is 31.8 Å². The molecule has 39 heavy (non-hydrogen) atoms. The predicted molar refractivity (Wildman–Crippen MR) is 179 cm³/mol. The monoisotopic (exact) mass is 624 g/mol. The van der Waals surface area contributed by atoms with Crippen LogP contribution in [0.2, 0.25) is 0 Å². The molecular weight excluding hydrogens is 556 g/mol. The van der Waals surface area contributed by atoms with Crippen molar-refractivity contribution in [3.63, 3.8) is 0 Å². The van der Waals surface area contributed by atoms with E-state index in [9.17, 15) is 0 Å². The molecule has 0 aromatic carbocycles. The smallest absolute Gasteiger partial charge is 0.668 e. The molecule has 0 heterocycles. The van der Waals surface area contributed by atoms with Gasteiger partial charge in [0.25, 0.3) is 0 Å². The third-order valence-electron chi connectivity index (χ3n) is 3.79. The summed E-state index contributed by atoms with van der Waals surface area (Å²) in [5.41, 5.74) is 0. The van der Waals surface area contributed by atoms with Crippen LogP contribution in [0.25, 0.3) is 37.2 Å². The van der Waals surface area contributed by atoms with Gasteiger partial charge >= 0.3 is 43.4 Å². The maximum atomic E-state index is 4.10. The van der Waals surface area contributed by atoms with Gasteiger partial charge in [-0.1, -0.05) is 56.4 Å². The van der Waals surface area contributed by atoms with E-state index < -0.39 is 0 Å². The molecule has 1 N–H and O–H groups in total. The Kier molecular flexibility index (Phi) is 125. The molecule has 0 atom stereocenters. The molecule has 10 heteroatoms. The van der Waals surface area contributed by atoms with Crippen LogP contribution in [0.4, 0.5) is 0 Å². The molecule has 2 aliphatic carbocycles. The summed E-state index contributed by atoms with van der Waals surface area (Å²) >= 11 is 0. The Bertz CT molecular complexity index is 318. The molecule has 0 aromatic rings. The summed E-state index contributed by atoms with van der Waals surface area (Å²) in [6.45, 7) is 2.20. The Morgan fingerprint density at radius 3 is 1.15 bits per heavy atom. The zero-order valence-corrected chi connectivity index (χ0v) is 31.9. The van der Waals surface area contributed by atoms with Gasteiger partial charge in [-0.2, -0.15) is 91.6 Å². The van der Waals surface area contributed by atoms with Gasteiger partial charge in [0, 0.05) is 0 Å². The molecule has 0 radical (unpaired) electrons. The maximum absolute atomic E-state index is 4.10. The van der Waals surface area contributed by atoms with Crippen molar-refractivity contribution < 1.29 is 43.4 Å². The van der Waals surface area contributed by atoms with E-state index in [0.717, 1.165) is 19.0 Å². The molecule has 0 spiro atoms. The zero-order chi connectivity index (χ0) is 29.3. The molecule has 0 bridgehead atoms. The normalized spacial score (nSPS) is 11.6. The number of nitrogens with zero attached hydrogens (tertiary/aromatic N) is 7. The molecule has 0 saturated heterocycles. The number of rotatable bonds is 6. The zero-order valence-electron chi connectivity index (χ0n) is 28.8. The van der Waals surface area contributed by atoms with Crippen molar-refractivity contribution in [1.82, 2.24) is 5.32 Å². The van der Waals surface area contributed by atoms with Crippen molar-refractivity contribution in [3.05, 3.63) is 68.9 Å². The van der Waals surface area contributed by atoms with E-state index in [1.54, 1.807) is 84.6 Å². The maximum Gasteiger partial charge on any atom is 4.00 e. The standard InChI is InChI=1S/C8H16N.C8H13N.6C2H6N.CH3.2Ti/c2*1-9-7-6-8-4-2-3-5-8;6*1-3-2;;;/h8H,2-7H2,1H3;2-5,8-9H,6-7H2,1H3;6*1-2H3;1H3;;/q-1;;7*-1;2*+4. The van der Waals surface area contributed by atoms with E-state index in [4.69, 9.17) is 0 Å². The van der Waals surface area contributed by atoms with Gasteiger partial charge in [0.15, 0.2) is 0 Å². The summed E-state index contributed by atoms with van der Waals surface area (Å²) in [5.74, 6) is 1.71. The van der Waals surface area contributed by atoms with Gasteiger partial charge in [-0.3, -0.25) is 0 Å². The van der Waals surface area contributed by atoms with Crippen molar-refractivity contribution >= 4 is 0 Å². The van der Waals surface area contributed by atoms with E-state index in [0.29, 0.717) is 5.92 Å². The van der Waals surface area contributed by atoms with Gasteiger partial charge in [0.1, 0.15) is 0 Å². The molecule has 1 fully saturated rings. The van der Waals surface area contributed by atoms with Crippen LogP contribution < -0.4 is 5.32 Å². The first-order valence-electron chi connectivity index (χ1n) is 12.8. The Morgan fingerprint density at radius 2 is 0.897 bits per heavy atom. The largest absolute Gasteiger partial charge is 4.00 e. The molecular formula is C29H68N8Ti2. The summed E-state index contributed by atoms with van der Waals surface area (Å²) in [6.07, 6.45) is 17.1. The third-order valence-corrected chi connectivity index (χ3v) is 3.79. The Balaban J connectivity index is -0.0000000400. The van der Waals surface area contributed by atoms with Crippen LogP contribution in [0.1, 0.15) is 38.5 Å². The molecule has 232 valence electrons. The van der Waals surface area contributed by atoms with Crippen molar-refractivity contribution in [2.45, 2.75) is 38.5 Å². The van der Waals surface area contributed by atoms with E-state index in [-0.39, 0.29) is 50.9 Å². The molecule has 1 saturated carbocycles. The van der Waals surface area contributed by atoms with Crippen LogP contribution in [0.15, 0.2) is 24.3 Å². The van der Waals surface area contributed by atoms with Crippen LogP contribution >= 0.6 is 0 Å². The summed E-state index contributed by atoms with van der Waals surface area (Å²) in [4.78, 5) is 0. The van der Waals surface area contributed by atoms with Crippen molar-refractivity contribution in [2.75, 3.05) is 112 Å². The molecule has 0 aliphatic heterocycles. The van der Waals surface area contributed by atoms with Crippen LogP contribution in [0.5, 0.6) is 0 Å². The molecule has 2 aliphatic rings. The fourth-order valence-corrected chi connectivity index (χ4v) is 2.59. The third kappa shape index (κ3) is 101. The number of hydrogen-bond acceptors (Lipinski definition) is 1. The van der Waals surface area contributed by atoms with Gasteiger partial charge < -0.3 is 50.0 Å².